The Morgan fingerprint density at radius 1 is 1.56 bits per heavy atom. The van der Waals surface area contributed by atoms with Gasteiger partial charge in [-0.2, -0.15) is 0 Å². The molecule has 0 aliphatic rings. The number of hydrogen-bond acceptors (Lipinski definition) is 2. The van der Waals surface area contributed by atoms with Crippen molar-refractivity contribution in [1.29, 1.82) is 0 Å². The molecule has 0 bridgehead atoms. The highest BCUT2D eigenvalue weighted by Crippen LogP contribution is 1.93. The van der Waals surface area contributed by atoms with Crippen molar-refractivity contribution < 1.29 is 0 Å². The lowest BCUT2D eigenvalue weighted by Crippen LogP contribution is -1.95. The third-order valence-corrected chi connectivity index (χ3v) is 1.11. The lowest BCUT2D eigenvalue weighted by Gasteiger charge is -1.94. The summed E-state index contributed by atoms with van der Waals surface area (Å²) in [7, 11) is 0. The van der Waals surface area contributed by atoms with Crippen LogP contribution in [0.4, 0.5) is 0 Å². The van der Waals surface area contributed by atoms with E-state index in [1.807, 2.05) is 13.8 Å². The highest BCUT2D eigenvalue weighted by Gasteiger charge is 1.88. The normalized spacial score (nSPS) is 13.6. The van der Waals surface area contributed by atoms with Gasteiger partial charge in [0.1, 0.15) is 0 Å². The van der Waals surface area contributed by atoms with E-state index in [1.165, 1.54) is 12.4 Å². The zero-order chi connectivity index (χ0) is 7.28. The molecule has 0 spiro atoms. The molecule has 0 heterocycles. The van der Waals surface area contributed by atoms with Crippen molar-refractivity contribution in [2.45, 2.75) is 13.8 Å². The third-order valence-electron chi connectivity index (χ3n) is 1.11. The summed E-state index contributed by atoms with van der Waals surface area (Å²) in [5.41, 5.74) is 7.12. The Kier molecular flexibility index (Phi) is 3.44. The number of nitrogens with two attached hydrogens (primary N) is 1. The van der Waals surface area contributed by atoms with E-state index < -0.39 is 0 Å². The smallest absolute Gasteiger partial charge is 0.0415 e. The first-order chi connectivity index (χ1) is 4.22. The number of nitrogens with zero attached hydrogens (tertiary/aromatic N) is 1. The molecular weight excluding hydrogens is 112 g/mol. The molecule has 2 N–H and O–H groups in total. The Morgan fingerprint density at radius 2 is 2.11 bits per heavy atom. The van der Waals surface area contributed by atoms with Gasteiger partial charge in [-0.25, -0.2) is 0 Å². The summed E-state index contributed by atoms with van der Waals surface area (Å²) in [5, 5.41) is 0. The Morgan fingerprint density at radius 3 is 2.44 bits per heavy atom. The summed E-state index contributed by atoms with van der Waals surface area (Å²) in [6.45, 7) is 7.26. The SMILES string of the molecule is C=CN=C(C)C(C)=CN. The molecule has 2 nitrogen and oxygen atoms in total. The first kappa shape index (κ1) is 7.95. The van der Waals surface area contributed by atoms with Crippen LogP contribution < -0.4 is 5.73 Å². The number of rotatable bonds is 2. The summed E-state index contributed by atoms with van der Waals surface area (Å²) in [5.74, 6) is 0. The second kappa shape index (κ2) is 3.89. The molecule has 0 aromatic carbocycles. The van der Waals surface area contributed by atoms with Gasteiger partial charge in [0.15, 0.2) is 0 Å². The lowest BCUT2D eigenvalue weighted by atomic mass is 10.2. The van der Waals surface area contributed by atoms with Crippen LogP contribution in [-0.4, -0.2) is 5.71 Å². The molecular formula is C7H12N2. The van der Waals surface area contributed by atoms with E-state index in [9.17, 15) is 0 Å². The van der Waals surface area contributed by atoms with Crippen LogP contribution in [0.1, 0.15) is 13.8 Å². The Hall–Kier alpha value is -1.05. The van der Waals surface area contributed by atoms with Gasteiger partial charge in [0, 0.05) is 11.9 Å². The van der Waals surface area contributed by atoms with Crippen molar-refractivity contribution in [3.8, 4) is 0 Å². The van der Waals surface area contributed by atoms with Gasteiger partial charge in [-0.05, 0) is 25.6 Å². The van der Waals surface area contributed by atoms with Crippen molar-refractivity contribution in [2.75, 3.05) is 0 Å². The molecule has 0 saturated heterocycles. The van der Waals surface area contributed by atoms with Gasteiger partial charge in [0.25, 0.3) is 0 Å². The maximum atomic E-state index is 5.23. The maximum absolute atomic E-state index is 5.23. The lowest BCUT2D eigenvalue weighted by molar-refractivity contribution is 1.42. The van der Waals surface area contributed by atoms with Crippen LogP contribution in [0.5, 0.6) is 0 Å². The van der Waals surface area contributed by atoms with Crippen LogP contribution in [-0.2, 0) is 0 Å². The molecule has 0 fully saturated rings. The molecule has 9 heavy (non-hydrogen) atoms. The van der Waals surface area contributed by atoms with Crippen LogP contribution in [0.15, 0.2) is 29.5 Å². The van der Waals surface area contributed by atoms with Crippen LogP contribution in [0, 0.1) is 0 Å². The third kappa shape index (κ3) is 2.69. The van der Waals surface area contributed by atoms with Crippen molar-refractivity contribution in [1.82, 2.24) is 0 Å². The van der Waals surface area contributed by atoms with Gasteiger partial charge in [-0.1, -0.05) is 6.58 Å². The van der Waals surface area contributed by atoms with Crippen molar-refractivity contribution in [2.24, 2.45) is 10.7 Å². The van der Waals surface area contributed by atoms with E-state index in [4.69, 9.17) is 5.73 Å². The minimum absolute atomic E-state index is 0.910. The zero-order valence-corrected chi connectivity index (χ0v) is 5.89. The molecule has 0 atom stereocenters. The average molecular weight is 124 g/mol. The molecule has 0 aromatic rings. The molecule has 0 rings (SSSR count). The van der Waals surface area contributed by atoms with Crippen LogP contribution >= 0.6 is 0 Å². The fourth-order valence-electron chi connectivity index (χ4n) is 0.359. The molecule has 0 unspecified atom stereocenters. The molecule has 0 radical (unpaired) electrons. The highest BCUT2D eigenvalue weighted by molar-refractivity contribution is 5.97. The second-order valence-corrected chi connectivity index (χ2v) is 1.75. The Labute approximate surface area is 55.8 Å². The molecule has 50 valence electrons. The average Bonchev–Trinajstić information content (AvgIpc) is 1.87. The van der Waals surface area contributed by atoms with E-state index in [0.717, 1.165) is 11.3 Å². The first-order valence-corrected chi connectivity index (χ1v) is 2.76. The largest absolute Gasteiger partial charge is 0.404 e. The number of aliphatic imine (C=N–C) groups is 1. The summed E-state index contributed by atoms with van der Waals surface area (Å²) in [6.07, 6.45) is 3.03. The summed E-state index contributed by atoms with van der Waals surface area (Å²) in [4.78, 5) is 3.93. The van der Waals surface area contributed by atoms with Gasteiger partial charge < -0.3 is 5.73 Å². The molecule has 0 aliphatic heterocycles. The first-order valence-electron chi connectivity index (χ1n) is 2.76. The predicted molar refractivity (Wildman–Crippen MR) is 41.3 cm³/mol. The van der Waals surface area contributed by atoms with E-state index >= 15 is 0 Å². The summed E-state index contributed by atoms with van der Waals surface area (Å²) in [6, 6.07) is 0. The van der Waals surface area contributed by atoms with Gasteiger partial charge in [-0.3, -0.25) is 4.99 Å². The predicted octanol–water partition coefficient (Wildman–Crippen LogP) is 1.45. The minimum atomic E-state index is 0.910. The number of hydrogen-bond donors (Lipinski definition) is 1. The Balaban J connectivity index is 4.19. The van der Waals surface area contributed by atoms with Gasteiger partial charge in [0.2, 0.25) is 0 Å². The fourth-order valence-corrected chi connectivity index (χ4v) is 0.359. The second-order valence-electron chi connectivity index (χ2n) is 1.75. The quantitative estimate of drug-likeness (QED) is 0.556. The Bertz CT molecular complexity index is 154. The van der Waals surface area contributed by atoms with Crippen molar-refractivity contribution >= 4 is 5.71 Å². The van der Waals surface area contributed by atoms with Crippen molar-refractivity contribution in [3.05, 3.63) is 24.6 Å². The molecule has 0 saturated carbocycles. The van der Waals surface area contributed by atoms with Gasteiger partial charge in [-0.15, -0.1) is 0 Å². The highest BCUT2D eigenvalue weighted by atomic mass is 14.7. The maximum Gasteiger partial charge on any atom is 0.0415 e. The summed E-state index contributed by atoms with van der Waals surface area (Å²) < 4.78 is 0. The van der Waals surface area contributed by atoms with Gasteiger partial charge >= 0.3 is 0 Å². The van der Waals surface area contributed by atoms with E-state index in [2.05, 4.69) is 11.6 Å². The van der Waals surface area contributed by atoms with E-state index in [0.29, 0.717) is 0 Å². The number of allylic oxidation sites excluding steroid dienone is 1. The molecule has 0 amide bonds. The molecule has 0 aliphatic carbocycles. The van der Waals surface area contributed by atoms with Gasteiger partial charge in [0.05, 0.1) is 0 Å². The van der Waals surface area contributed by atoms with Crippen LogP contribution in [0.3, 0.4) is 0 Å². The van der Waals surface area contributed by atoms with E-state index in [1.54, 1.807) is 0 Å². The van der Waals surface area contributed by atoms with E-state index in [-0.39, 0.29) is 0 Å². The zero-order valence-electron chi connectivity index (χ0n) is 5.89. The van der Waals surface area contributed by atoms with Crippen molar-refractivity contribution in [3.63, 3.8) is 0 Å². The van der Waals surface area contributed by atoms with Crippen LogP contribution in [0.2, 0.25) is 0 Å². The topological polar surface area (TPSA) is 38.4 Å². The molecule has 0 aromatic heterocycles. The molecule has 2 heteroatoms. The van der Waals surface area contributed by atoms with Crippen LogP contribution in [0.25, 0.3) is 0 Å². The summed E-state index contributed by atoms with van der Waals surface area (Å²) >= 11 is 0. The monoisotopic (exact) mass is 124 g/mol. The fraction of sp³-hybridized carbons (Fsp3) is 0.286. The standard InChI is InChI=1S/C7H12N2/c1-4-9-7(3)6(2)5-8/h4-5H,1,8H2,2-3H3. The minimum Gasteiger partial charge on any atom is -0.404 e.